The maximum Gasteiger partial charge on any atom is 0.276 e. The van der Waals surface area contributed by atoms with Crippen LogP contribution in [0.4, 0.5) is 24.5 Å². The second-order valence-corrected chi connectivity index (χ2v) is 8.52. The van der Waals surface area contributed by atoms with E-state index in [1.165, 1.54) is 59.4 Å². The molecule has 0 bridgehead atoms. The number of carbonyl (C=O) groups is 1. The third kappa shape index (κ3) is 5.04. The predicted molar refractivity (Wildman–Crippen MR) is 115 cm³/mol. The van der Waals surface area contributed by atoms with Crippen molar-refractivity contribution in [3.05, 3.63) is 102 Å². The molecule has 0 unspecified atom stereocenters. The molecule has 0 radical (unpaired) electrons. The first-order valence-electron chi connectivity index (χ1n) is 9.42. The number of benzene rings is 3. The van der Waals surface area contributed by atoms with E-state index in [2.05, 4.69) is 15.1 Å². The Morgan fingerprint density at radius 2 is 1.58 bits per heavy atom. The van der Waals surface area contributed by atoms with Gasteiger partial charge in [0.15, 0.2) is 17.3 Å². The van der Waals surface area contributed by atoms with E-state index in [1.54, 1.807) is 6.07 Å². The molecule has 1 amide bonds. The minimum atomic E-state index is -4.14. The van der Waals surface area contributed by atoms with Crippen LogP contribution in [0.25, 0.3) is 5.69 Å². The highest BCUT2D eigenvalue weighted by Crippen LogP contribution is 2.20. The van der Waals surface area contributed by atoms with Crippen molar-refractivity contribution in [2.24, 2.45) is 0 Å². The zero-order valence-electron chi connectivity index (χ0n) is 16.7. The van der Waals surface area contributed by atoms with Crippen LogP contribution >= 0.6 is 0 Å². The van der Waals surface area contributed by atoms with Gasteiger partial charge in [-0.25, -0.2) is 26.3 Å². The van der Waals surface area contributed by atoms with E-state index in [4.69, 9.17) is 0 Å². The quantitative estimate of drug-likeness (QED) is 0.437. The molecule has 0 aliphatic carbocycles. The van der Waals surface area contributed by atoms with Gasteiger partial charge >= 0.3 is 0 Å². The Hall–Kier alpha value is -4.12. The minimum Gasteiger partial charge on any atom is -0.321 e. The van der Waals surface area contributed by atoms with Gasteiger partial charge in [-0.15, -0.1) is 0 Å². The second kappa shape index (κ2) is 8.79. The summed E-state index contributed by atoms with van der Waals surface area (Å²) in [6.07, 6.45) is 1.51. The average Bonchev–Trinajstić information content (AvgIpc) is 3.27. The Morgan fingerprint density at radius 3 is 2.27 bits per heavy atom. The van der Waals surface area contributed by atoms with E-state index < -0.39 is 38.3 Å². The second-order valence-electron chi connectivity index (χ2n) is 6.84. The lowest BCUT2D eigenvalue weighted by atomic mass is 10.3. The largest absolute Gasteiger partial charge is 0.321 e. The van der Waals surface area contributed by atoms with E-state index >= 15 is 0 Å². The van der Waals surface area contributed by atoms with Crippen LogP contribution in [0.1, 0.15) is 10.5 Å². The number of hydrogen-bond acceptors (Lipinski definition) is 4. The van der Waals surface area contributed by atoms with Crippen molar-refractivity contribution < 1.29 is 26.4 Å². The smallest absolute Gasteiger partial charge is 0.276 e. The van der Waals surface area contributed by atoms with Gasteiger partial charge in [-0.3, -0.25) is 9.52 Å². The highest BCUT2D eigenvalue weighted by Gasteiger charge is 2.17. The molecule has 0 atom stereocenters. The standard InChI is InChI=1S/C22H15F3N4O3S/c23-14-2-1-3-17(12-14)29-11-10-21(27-29)22(30)26-15-4-6-16(7-5-15)28-33(31,32)18-8-9-19(24)20(25)13-18/h1-13,28H,(H,26,30). The monoisotopic (exact) mass is 472 g/mol. The van der Waals surface area contributed by atoms with Gasteiger partial charge in [0.25, 0.3) is 15.9 Å². The molecular formula is C22H15F3N4O3S. The van der Waals surface area contributed by atoms with Crippen LogP contribution in [0.5, 0.6) is 0 Å². The molecule has 3 aromatic carbocycles. The zero-order valence-corrected chi connectivity index (χ0v) is 17.5. The lowest BCUT2D eigenvalue weighted by Crippen LogP contribution is -2.14. The summed E-state index contributed by atoms with van der Waals surface area (Å²) in [6, 6.07) is 15.1. The van der Waals surface area contributed by atoms with Crippen LogP contribution < -0.4 is 10.0 Å². The van der Waals surface area contributed by atoms with Crippen molar-refractivity contribution in [2.75, 3.05) is 10.0 Å². The lowest BCUT2D eigenvalue weighted by molar-refractivity contribution is 0.102. The number of anilines is 2. The fraction of sp³-hybridized carbons (Fsp3) is 0. The van der Waals surface area contributed by atoms with Crippen molar-refractivity contribution in [2.45, 2.75) is 4.90 Å². The SMILES string of the molecule is O=C(Nc1ccc(NS(=O)(=O)c2ccc(F)c(F)c2)cc1)c1ccn(-c2cccc(F)c2)n1. The average molecular weight is 472 g/mol. The number of carbonyl (C=O) groups excluding carboxylic acids is 1. The first-order valence-corrected chi connectivity index (χ1v) is 10.9. The fourth-order valence-electron chi connectivity index (χ4n) is 2.88. The van der Waals surface area contributed by atoms with Crippen LogP contribution in [-0.2, 0) is 10.0 Å². The Balaban J connectivity index is 1.43. The third-order valence-corrected chi connectivity index (χ3v) is 5.87. The van der Waals surface area contributed by atoms with Crippen molar-refractivity contribution in [3.8, 4) is 5.69 Å². The van der Waals surface area contributed by atoms with Crippen LogP contribution in [-0.4, -0.2) is 24.1 Å². The Bertz CT molecular complexity index is 1440. The molecule has 4 rings (SSSR count). The van der Waals surface area contributed by atoms with Gasteiger partial charge in [-0.05, 0) is 66.7 Å². The molecule has 1 aromatic heterocycles. The van der Waals surface area contributed by atoms with E-state index in [-0.39, 0.29) is 11.4 Å². The predicted octanol–water partition coefficient (Wildman–Crippen LogP) is 4.34. The van der Waals surface area contributed by atoms with E-state index in [0.717, 1.165) is 12.1 Å². The van der Waals surface area contributed by atoms with Gasteiger partial charge in [-0.2, -0.15) is 5.10 Å². The molecule has 0 fully saturated rings. The van der Waals surface area contributed by atoms with Crippen molar-refractivity contribution >= 4 is 27.3 Å². The molecular weight excluding hydrogens is 457 g/mol. The van der Waals surface area contributed by atoms with Crippen LogP contribution in [0.15, 0.2) is 83.9 Å². The van der Waals surface area contributed by atoms with Crippen molar-refractivity contribution in [1.29, 1.82) is 0 Å². The number of aromatic nitrogens is 2. The molecule has 168 valence electrons. The van der Waals surface area contributed by atoms with Crippen molar-refractivity contribution in [1.82, 2.24) is 9.78 Å². The fourth-order valence-corrected chi connectivity index (χ4v) is 3.95. The van der Waals surface area contributed by atoms with Gasteiger partial charge in [0.1, 0.15) is 5.82 Å². The molecule has 0 aliphatic rings. The maximum atomic E-state index is 13.4. The maximum absolute atomic E-state index is 13.4. The van der Waals surface area contributed by atoms with Gasteiger partial charge in [-0.1, -0.05) is 6.07 Å². The summed E-state index contributed by atoms with van der Waals surface area (Å²) in [5.74, 6) is -3.40. The van der Waals surface area contributed by atoms with Gasteiger partial charge in [0.2, 0.25) is 0 Å². The summed E-state index contributed by atoms with van der Waals surface area (Å²) in [5, 5.41) is 6.73. The Morgan fingerprint density at radius 1 is 0.848 bits per heavy atom. The summed E-state index contributed by atoms with van der Waals surface area (Å²) in [6.45, 7) is 0. The number of halogens is 3. The van der Waals surface area contributed by atoms with E-state index in [9.17, 15) is 26.4 Å². The molecule has 2 N–H and O–H groups in total. The Labute approximate surface area is 186 Å². The molecule has 7 nitrogen and oxygen atoms in total. The third-order valence-electron chi connectivity index (χ3n) is 4.49. The molecule has 0 spiro atoms. The number of rotatable bonds is 6. The summed E-state index contributed by atoms with van der Waals surface area (Å²) >= 11 is 0. The van der Waals surface area contributed by atoms with Gasteiger partial charge in [0, 0.05) is 17.6 Å². The highest BCUT2D eigenvalue weighted by atomic mass is 32.2. The molecule has 33 heavy (non-hydrogen) atoms. The number of nitrogens with one attached hydrogen (secondary N) is 2. The molecule has 1 heterocycles. The number of amides is 1. The van der Waals surface area contributed by atoms with Crippen LogP contribution in [0, 0.1) is 17.5 Å². The topological polar surface area (TPSA) is 93.1 Å². The summed E-state index contributed by atoms with van der Waals surface area (Å²) < 4.78 is 68.1. The molecule has 4 aromatic rings. The van der Waals surface area contributed by atoms with Crippen molar-refractivity contribution in [3.63, 3.8) is 0 Å². The summed E-state index contributed by atoms with van der Waals surface area (Å²) in [7, 11) is -4.14. The lowest BCUT2D eigenvalue weighted by Gasteiger charge is -2.09. The molecule has 0 saturated heterocycles. The van der Waals surface area contributed by atoms with Crippen LogP contribution in [0.2, 0.25) is 0 Å². The normalized spacial score (nSPS) is 11.2. The summed E-state index contributed by atoms with van der Waals surface area (Å²) in [4.78, 5) is 12.0. The number of hydrogen-bond donors (Lipinski definition) is 2. The number of nitrogens with zero attached hydrogens (tertiary/aromatic N) is 2. The molecule has 11 heteroatoms. The first-order chi connectivity index (χ1) is 15.7. The van der Waals surface area contributed by atoms with Gasteiger partial charge < -0.3 is 5.32 Å². The number of sulfonamides is 1. The zero-order chi connectivity index (χ0) is 23.6. The molecule has 0 aliphatic heterocycles. The Kier molecular flexibility index (Phi) is 5.88. The van der Waals surface area contributed by atoms with E-state index in [1.807, 2.05) is 0 Å². The van der Waals surface area contributed by atoms with Gasteiger partial charge in [0.05, 0.1) is 10.6 Å². The summed E-state index contributed by atoms with van der Waals surface area (Å²) in [5.41, 5.74) is 1.04. The highest BCUT2D eigenvalue weighted by molar-refractivity contribution is 7.92. The van der Waals surface area contributed by atoms with Crippen LogP contribution in [0.3, 0.4) is 0 Å². The minimum absolute atomic E-state index is 0.0855. The first kappa shape index (κ1) is 22.1. The van der Waals surface area contributed by atoms with E-state index in [0.29, 0.717) is 17.4 Å². The molecule has 0 saturated carbocycles.